The van der Waals surface area contributed by atoms with Crippen LogP contribution in [0.1, 0.15) is 11.6 Å². The van der Waals surface area contributed by atoms with Crippen LogP contribution in [0.4, 0.5) is 22.0 Å². The SMILES string of the molecule is CNC(c1c(F)cc(OC)cc1F)C(F)(F)F. The summed E-state index contributed by atoms with van der Waals surface area (Å²) in [5.74, 6) is -2.79. The molecular formula is C10H10F5NO. The third-order valence-electron chi connectivity index (χ3n) is 2.19. The molecule has 1 aromatic rings. The average molecular weight is 255 g/mol. The molecule has 0 amide bonds. The Balaban J connectivity index is 3.30. The van der Waals surface area contributed by atoms with Crippen LogP contribution < -0.4 is 10.1 Å². The van der Waals surface area contributed by atoms with Crippen molar-refractivity contribution in [1.29, 1.82) is 0 Å². The van der Waals surface area contributed by atoms with Crippen molar-refractivity contribution in [2.45, 2.75) is 12.2 Å². The second-order valence-electron chi connectivity index (χ2n) is 3.27. The number of benzene rings is 1. The van der Waals surface area contributed by atoms with Crippen molar-refractivity contribution < 1.29 is 26.7 Å². The number of hydrogen-bond donors (Lipinski definition) is 1. The summed E-state index contributed by atoms with van der Waals surface area (Å²) in [6, 6.07) is -0.989. The van der Waals surface area contributed by atoms with Gasteiger partial charge in [0.05, 0.1) is 7.11 Å². The molecule has 0 radical (unpaired) electrons. The molecule has 1 atom stereocenters. The maximum absolute atomic E-state index is 13.4. The molecule has 0 aromatic heterocycles. The lowest BCUT2D eigenvalue weighted by Crippen LogP contribution is -2.33. The number of methoxy groups -OCH3 is 1. The van der Waals surface area contributed by atoms with Gasteiger partial charge < -0.3 is 10.1 Å². The lowest BCUT2D eigenvalue weighted by Gasteiger charge is -2.21. The van der Waals surface area contributed by atoms with Gasteiger partial charge in [-0.15, -0.1) is 0 Å². The molecule has 1 N–H and O–H groups in total. The van der Waals surface area contributed by atoms with Gasteiger partial charge >= 0.3 is 6.18 Å². The lowest BCUT2D eigenvalue weighted by molar-refractivity contribution is -0.157. The van der Waals surface area contributed by atoms with Crippen molar-refractivity contribution in [2.75, 3.05) is 14.2 Å². The van der Waals surface area contributed by atoms with Crippen LogP contribution in [0.3, 0.4) is 0 Å². The molecule has 0 aliphatic carbocycles. The topological polar surface area (TPSA) is 21.3 Å². The third-order valence-corrected chi connectivity index (χ3v) is 2.19. The van der Waals surface area contributed by atoms with E-state index in [0.29, 0.717) is 12.1 Å². The van der Waals surface area contributed by atoms with Gasteiger partial charge in [0, 0.05) is 17.7 Å². The Hall–Kier alpha value is -1.37. The smallest absolute Gasteiger partial charge is 0.408 e. The summed E-state index contributed by atoms with van der Waals surface area (Å²) in [6.07, 6.45) is -4.79. The minimum absolute atomic E-state index is 0.180. The molecule has 0 bridgehead atoms. The summed E-state index contributed by atoms with van der Waals surface area (Å²) in [4.78, 5) is 0. The predicted octanol–water partition coefficient (Wildman–Crippen LogP) is 2.80. The molecular weight excluding hydrogens is 245 g/mol. The molecule has 0 saturated heterocycles. The average Bonchev–Trinajstić information content (AvgIpc) is 2.20. The molecule has 0 saturated carbocycles. The molecule has 1 aromatic carbocycles. The fourth-order valence-corrected chi connectivity index (χ4v) is 1.43. The van der Waals surface area contributed by atoms with Crippen LogP contribution in [0.5, 0.6) is 5.75 Å². The Bertz CT molecular complexity index is 381. The summed E-state index contributed by atoms with van der Waals surface area (Å²) in [6.45, 7) is 0. The highest BCUT2D eigenvalue weighted by molar-refractivity contribution is 5.33. The maximum atomic E-state index is 13.4. The van der Waals surface area contributed by atoms with E-state index in [1.165, 1.54) is 0 Å². The minimum Gasteiger partial charge on any atom is -0.497 e. The second-order valence-corrected chi connectivity index (χ2v) is 3.27. The molecule has 1 rings (SSSR count). The van der Waals surface area contributed by atoms with E-state index in [0.717, 1.165) is 14.2 Å². The van der Waals surface area contributed by atoms with Crippen LogP contribution in [0.25, 0.3) is 0 Å². The number of ether oxygens (including phenoxy) is 1. The summed E-state index contributed by atoms with van der Waals surface area (Å²) >= 11 is 0. The Morgan fingerprint density at radius 1 is 1.18 bits per heavy atom. The fourth-order valence-electron chi connectivity index (χ4n) is 1.43. The maximum Gasteiger partial charge on any atom is 0.408 e. The molecule has 0 spiro atoms. The fraction of sp³-hybridized carbons (Fsp3) is 0.400. The number of alkyl halides is 3. The zero-order chi connectivity index (χ0) is 13.2. The standard InChI is InChI=1S/C10H10F5NO/c1-16-9(10(13,14)15)8-6(11)3-5(17-2)4-7(8)12/h3-4,9,16H,1-2H3. The summed E-state index contributed by atoms with van der Waals surface area (Å²) in [5, 5.41) is 1.83. The van der Waals surface area contributed by atoms with E-state index < -0.39 is 29.4 Å². The Morgan fingerprint density at radius 2 is 1.65 bits per heavy atom. The van der Waals surface area contributed by atoms with Gasteiger partial charge in [-0.1, -0.05) is 0 Å². The van der Waals surface area contributed by atoms with Crippen molar-refractivity contribution in [3.63, 3.8) is 0 Å². The highest BCUT2D eigenvalue weighted by atomic mass is 19.4. The van der Waals surface area contributed by atoms with Gasteiger partial charge in [-0.25, -0.2) is 8.78 Å². The van der Waals surface area contributed by atoms with Gasteiger partial charge in [-0.05, 0) is 7.05 Å². The number of nitrogens with one attached hydrogen (secondary N) is 1. The van der Waals surface area contributed by atoms with E-state index in [1.54, 1.807) is 0 Å². The van der Waals surface area contributed by atoms with E-state index in [2.05, 4.69) is 4.74 Å². The van der Waals surface area contributed by atoms with E-state index in [1.807, 2.05) is 5.32 Å². The van der Waals surface area contributed by atoms with E-state index in [4.69, 9.17) is 0 Å². The summed E-state index contributed by atoms with van der Waals surface area (Å²) in [5.41, 5.74) is -1.07. The highest BCUT2D eigenvalue weighted by Crippen LogP contribution is 2.36. The lowest BCUT2D eigenvalue weighted by atomic mass is 10.0. The Morgan fingerprint density at radius 3 is 1.94 bits per heavy atom. The van der Waals surface area contributed by atoms with Crippen LogP contribution in [-0.4, -0.2) is 20.3 Å². The predicted molar refractivity (Wildman–Crippen MR) is 50.8 cm³/mol. The van der Waals surface area contributed by atoms with Crippen molar-refractivity contribution in [1.82, 2.24) is 5.32 Å². The van der Waals surface area contributed by atoms with E-state index in [-0.39, 0.29) is 5.75 Å². The molecule has 0 heterocycles. The van der Waals surface area contributed by atoms with Crippen molar-refractivity contribution in [2.24, 2.45) is 0 Å². The number of halogens is 5. The van der Waals surface area contributed by atoms with Crippen LogP contribution in [0.2, 0.25) is 0 Å². The third kappa shape index (κ3) is 2.85. The number of hydrogen-bond acceptors (Lipinski definition) is 2. The monoisotopic (exact) mass is 255 g/mol. The van der Waals surface area contributed by atoms with Crippen LogP contribution in [0.15, 0.2) is 12.1 Å². The second kappa shape index (κ2) is 4.87. The quantitative estimate of drug-likeness (QED) is 0.838. The number of rotatable bonds is 3. The molecule has 1 unspecified atom stereocenters. The Labute approximate surface area is 94.4 Å². The van der Waals surface area contributed by atoms with Crippen molar-refractivity contribution in [3.05, 3.63) is 29.3 Å². The molecule has 7 heteroatoms. The largest absolute Gasteiger partial charge is 0.497 e. The van der Waals surface area contributed by atoms with Crippen LogP contribution in [-0.2, 0) is 0 Å². The van der Waals surface area contributed by atoms with Gasteiger partial charge in [0.25, 0.3) is 0 Å². The molecule has 17 heavy (non-hydrogen) atoms. The van der Waals surface area contributed by atoms with Crippen LogP contribution >= 0.6 is 0 Å². The van der Waals surface area contributed by atoms with Gasteiger partial charge in [0.1, 0.15) is 23.4 Å². The van der Waals surface area contributed by atoms with Crippen molar-refractivity contribution in [3.8, 4) is 5.75 Å². The van der Waals surface area contributed by atoms with Crippen LogP contribution in [0, 0.1) is 11.6 Å². The first-order chi connectivity index (χ1) is 7.81. The summed E-state index contributed by atoms with van der Waals surface area (Å²) in [7, 11) is 2.13. The first kappa shape index (κ1) is 13.7. The van der Waals surface area contributed by atoms with E-state index >= 15 is 0 Å². The first-order valence-electron chi connectivity index (χ1n) is 4.58. The molecule has 0 aliphatic heterocycles. The van der Waals surface area contributed by atoms with Gasteiger partial charge in [0.15, 0.2) is 0 Å². The zero-order valence-electron chi connectivity index (χ0n) is 9.03. The van der Waals surface area contributed by atoms with E-state index in [9.17, 15) is 22.0 Å². The Kier molecular flexibility index (Phi) is 3.92. The van der Waals surface area contributed by atoms with Crippen molar-refractivity contribution >= 4 is 0 Å². The normalized spacial score (nSPS) is 13.6. The highest BCUT2D eigenvalue weighted by Gasteiger charge is 2.42. The summed E-state index contributed by atoms with van der Waals surface area (Å²) < 4.78 is 68.9. The van der Waals surface area contributed by atoms with Gasteiger partial charge in [0.2, 0.25) is 0 Å². The molecule has 0 aliphatic rings. The zero-order valence-corrected chi connectivity index (χ0v) is 9.03. The molecule has 96 valence electrons. The molecule has 2 nitrogen and oxygen atoms in total. The molecule has 0 fully saturated rings. The minimum atomic E-state index is -4.79. The van der Waals surface area contributed by atoms with Gasteiger partial charge in [-0.2, -0.15) is 13.2 Å². The first-order valence-corrected chi connectivity index (χ1v) is 4.58. The van der Waals surface area contributed by atoms with Gasteiger partial charge in [-0.3, -0.25) is 0 Å².